The van der Waals surface area contributed by atoms with Gasteiger partial charge in [0.25, 0.3) is 5.69 Å². The molecule has 0 saturated heterocycles. The highest BCUT2D eigenvalue weighted by molar-refractivity contribution is 5.92. The number of ether oxygens (including phenoxy) is 1. The number of esters is 1. The number of non-ortho nitro benzene ring substituents is 1. The maximum Gasteiger partial charge on any atom is 0.310 e. The van der Waals surface area contributed by atoms with Crippen LogP contribution in [0.5, 0.6) is 0 Å². The molecular weight excluding hydrogens is 348 g/mol. The van der Waals surface area contributed by atoms with Crippen LogP contribution < -0.4 is 5.32 Å². The number of carbonyl (C=O) groups excluding carboxylic acids is 2. The van der Waals surface area contributed by atoms with Crippen LogP contribution in [0.3, 0.4) is 0 Å². The standard InChI is InChI=1S/C20H20N2O5/c1-14(20(24)27-2)19(16-8-4-3-5-9-16)21-18(23)12-11-15-7-6-10-17(13-15)22(25)26/h3-14,19H,1-2H3,(H,21,23)/b12-11-/t14-,19+/m1/s1. The number of nitrogens with zero attached hydrogens (tertiary/aromatic N) is 1. The molecule has 0 saturated carbocycles. The van der Waals surface area contributed by atoms with Crippen molar-refractivity contribution in [1.29, 1.82) is 0 Å². The fourth-order valence-electron chi connectivity index (χ4n) is 2.59. The molecule has 7 heteroatoms. The van der Waals surface area contributed by atoms with E-state index in [0.717, 1.165) is 5.56 Å². The average Bonchev–Trinajstić information content (AvgIpc) is 2.70. The third kappa shape index (κ3) is 5.50. The second-order valence-electron chi connectivity index (χ2n) is 5.89. The van der Waals surface area contributed by atoms with Gasteiger partial charge in [-0.05, 0) is 24.1 Å². The van der Waals surface area contributed by atoms with Gasteiger partial charge in [0.15, 0.2) is 0 Å². The number of nitro benzene ring substituents is 1. The van der Waals surface area contributed by atoms with Crippen molar-refractivity contribution in [2.24, 2.45) is 5.92 Å². The number of hydrogen-bond acceptors (Lipinski definition) is 5. The Kier molecular flexibility index (Phi) is 6.82. The normalized spacial score (nSPS) is 13.0. The molecule has 1 N–H and O–H groups in total. The fourth-order valence-corrected chi connectivity index (χ4v) is 2.59. The Balaban J connectivity index is 2.17. The van der Waals surface area contributed by atoms with E-state index < -0.39 is 28.8 Å². The number of benzene rings is 2. The van der Waals surface area contributed by atoms with Crippen LogP contribution in [0.1, 0.15) is 24.1 Å². The highest BCUT2D eigenvalue weighted by atomic mass is 16.6. The average molecular weight is 368 g/mol. The van der Waals surface area contributed by atoms with E-state index in [0.29, 0.717) is 5.56 Å². The molecule has 0 fully saturated rings. The summed E-state index contributed by atoms with van der Waals surface area (Å²) in [4.78, 5) is 34.6. The lowest BCUT2D eigenvalue weighted by atomic mass is 9.94. The minimum Gasteiger partial charge on any atom is -0.469 e. The van der Waals surface area contributed by atoms with Crippen LogP contribution in [-0.4, -0.2) is 23.9 Å². The molecule has 7 nitrogen and oxygen atoms in total. The van der Waals surface area contributed by atoms with Crippen molar-refractivity contribution in [1.82, 2.24) is 5.32 Å². The maximum atomic E-state index is 12.4. The summed E-state index contributed by atoms with van der Waals surface area (Å²) in [6, 6.07) is 14.5. The number of hydrogen-bond donors (Lipinski definition) is 1. The van der Waals surface area contributed by atoms with E-state index in [9.17, 15) is 19.7 Å². The van der Waals surface area contributed by atoms with Crippen molar-refractivity contribution >= 4 is 23.6 Å². The molecule has 0 aliphatic carbocycles. The molecule has 2 aromatic carbocycles. The molecule has 2 rings (SSSR count). The largest absolute Gasteiger partial charge is 0.469 e. The van der Waals surface area contributed by atoms with Crippen LogP contribution in [0.15, 0.2) is 60.7 Å². The number of rotatable bonds is 7. The number of nitro groups is 1. The van der Waals surface area contributed by atoms with Gasteiger partial charge < -0.3 is 10.1 Å². The minimum absolute atomic E-state index is 0.0565. The van der Waals surface area contributed by atoms with Crippen LogP contribution in [0.25, 0.3) is 6.08 Å². The molecule has 2 atom stereocenters. The molecule has 1 amide bonds. The molecule has 27 heavy (non-hydrogen) atoms. The Morgan fingerprint density at radius 3 is 2.48 bits per heavy atom. The Hall–Kier alpha value is -3.48. The lowest BCUT2D eigenvalue weighted by molar-refractivity contribution is -0.384. The number of nitrogens with one attached hydrogen (secondary N) is 1. The van der Waals surface area contributed by atoms with Gasteiger partial charge in [-0.25, -0.2) is 0 Å². The Labute approximate surface area is 156 Å². The van der Waals surface area contributed by atoms with Crippen molar-refractivity contribution in [3.63, 3.8) is 0 Å². The predicted molar refractivity (Wildman–Crippen MR) is 101 cm³/mol. The first kappa shape index (κ1) is 19.8. The lowest BCUT2D eigenvalue weighted by Gasteiger charge is -2.23. The Bertz CT molecular complexity index is 848. The van der Waals surface area contributed by atoms with Gasteiger partial charge in [0.1, 0.15) is 0 Å². The second-order valence-corrected chi connectivity index (χ2v) is 5.89. The molecule has 140 valence electrons. The van der Waals surface area contributed by atoms with Gasteiger partial charge in [-0.1, -0.05) is 42.5 Å². The molecule has 0 bridgehead atoms. The van der Waals surface area contributed by atoms with Gasteiger partial charge in [0.2, 0.25) is 5.91 Å². The van der Waals surface area contributed by atoms with Gasteiger partial charge in [0, 0.05) is 18.2 Å². The van der Waals surface area contributed by atoms with Gasteiger partial charge in [-0.3, -0.25) is 19.7 Å². The molecule has 0 aromatic heterocycles. The molecule has 0 aliphatic heterocycles. The first-order chi connectivity index (χ1) is 12.9. The zero-order chi connectivity index (χ0) is 19.8. The van der Waals surface area contributed by atoms with E-state index in [1.165, 1.54) is 31.4 Å². The summed E-state index contributed by atoms with van der Waals surface area (Å²) in [5, 5.41) is 13.6. The third-order valence-corrected chi connectivity index (χ3v) is 4.04. The fraction of sp³-hybridized carbons (Fsp3) is 0.200. The summed E-state index contributed by atoms with van der Waals surface area (Å²) < 4.78 is 4.79. The monoisotopic (exact) mass is 368 g/mol. The quantitative estimate of drug-likeness (QED) is 0.350. The summed E-state index contributed by atoms with van der Waals surface area (Å²) in [5.74, 6) is -1.45. The first-order valence-corrected chi connectivity index (χ1v) is 8.28. The van der Waals surface area contributed by atoms with Crippen LogP contribution in [0.4, 0.5) is 5.69 Å². The van der Waals surface area contributed by atoms with Crippen LogP contribution in [0.2, 0.25) is 0 Å². The first-order valence-electron chi connectivity index (χ1n) is 8.28. The van der Waals surface area contributed by atoms with Gasteiger partial charge in [-0.2, -0.15) is 0 Å². The van der Waals surface area contributed by atoms with Crippen LogP contribution in [0, 0.1) is 16.0 Å². The number of amides is 1. The minimum atomic E-state index is -0.590. The summed E-state index contributed by atoms with van der Waals surface area (Å²) >= 11 is 0. The van der Waals surface area contributed by atoms with Gasteiger partial charge in [0.05, 0.1) is 24.0 Å². The van der Waals surface area contributed by atoms with Crippen molar-refractivity contribution in [2.75, 3.05) is 7.11 Å². The molecule has 0 radical (unpaired) electrons. The smallest absolute Gasteiger partial charge is 0.310 e. The zero-order valence-corrected chi connectivity index (χ0v) is 15.0. The maximum absolute atomic E-state index is 12.4. The van der Waals surface area contributed by atoms with Crippen molar-refractivity contribution in [2.45, 2.75) is 13.0 Å². The van der Waals surface area contributed by atoms with E-state index in [2.05, 4.69) is 5.32 Å². The topological polar surface area (TPSA) is 98.5 Å². The molecule has 0 spiro atoms. The number of methoxy groups -OCH3 is 1. The second kappa shape index (κ2) is 9.28. The summed E-state index contributed by atoms with van der Waals surface area (Å²) in [7, 11) is 1.30. The van der Waals surface area contributed by atoms with E-state index >= 15 is 0 Å². The van der Waals surface area contributed by atoms with Crippen molar-refractivity contribution in [3.05, 3.63) is 81.9 Å². The molecular formula is C20H20N2O5. The predicted octanol–water partition coefficient (Wildman–Crippen LogP) is 3.27. The lowest BCUT2D eigenvalue weighted by Crippen LogP contribution is -2.35. The van der Waals surface area contributed by atoms with E-state index in [1.807, 2.05) is 30.3 Å². The van der Waals surface area contributed by atoms with Crippen molar-refractivity contribution in [3.8, 4) is 0 Å². The summed E-state index contributed by atoms with van der Waals surface area (Å²) in [5.41, 5.74) is 1.24. The van der Waals surface area contributed by atoms with Gasteiger partial charge >= 0.3 is 5.97 Å². The molecule has 0 heterocycles. The SMILES string of the molecule is COC(=O)[C@H](C)[C@H](NC(=O)/C=C\c1cccc([N+](=O)[O-])c1)c1ccccc1. The molecule has 0 unspecified atom stereocenters. The highest BCUT2D eigenvalue weighted by Gasteiger charge is 2.27. The summed E-state index contributed by atoms with van der Waals surface area (Å²) in [6.45, 7) is 1.67. The van der Waals surface area contributed by atoms with E-state index in [4.69, 9.17) is 4.74 Å². The van der Waals surface area contributed by atoms with Gasteiger partial charge in [-0.15, -0.1) is 0 Å². The number of carbonyl (C=O) groups is 2. The van der Waals surface area contributed by atoms with E-state index in [1.54, 1.807) is 19.1 Å². The summed E-state index contributed by atoms with van der Waals surface area (Å²) in [6.07, 6.45) is 2.76. The van der Waals surface area contributed by atoms with E-state index in [-0.39, 0.29) is 5.69 Å². The molecule has 0 aliphatic rings. The molecule has 2 aromatic rings. The Morgan fingerprint density at radius 2 is 1.85 bits per heavy atom. The Morgan fingerprint density at radius 1 is 1.15 bits per heavy atom. The van der Waals surface area contributed by atoms with Crippen molar-refractivity contribution < 1.29 is 19.2 Å². The van der Waals surface area contributed by atoms with Crippen LogP contribution in [-0.2, 0) is 14.3 Å². The van der Waals surface area contributed by atoms with Crippen LogP contribution >= 0.6 is 0 Å². The third-order valence-electron chi connectivity index (χ3n) is 4.04. The highest BCUT2D eigenvalue weighted by Crippen LogP contribution is 2.23. The zero-order valence-electron chi connectivity index (χ0n) is 15.0.